The van der Waals surface area contributed by atoms with Gasteiger partial charge in [-0.3, -0.25) is 9.78 Å². The number of hydrogen-bond acceptors (Lipinski definition) is 6. The van der Waals surface area contributed by atoms with Gasteiger partial charge in [-0.25, -0.2) is 13.4 Å². The first-order valence-electron chi connectivity index (χ1n) is 7.90. The smallest absolute Gasteiger partial charge is 0.227 e. The molecule has 0 unspecified atom stereocenters. The lowest BCUT2D eigenvalue weighted by atomic mass is 10.2. The van der Waals surface area contributed by atoms with Crippen LogP contribution in [-0.4, -0.2) is 30.0 Å². The minimum Gasteiger partial charge on any atom is -0.302 e. The summed E-state index contributed by atoms with van der Waals surface area (Å²) >= 11 is 1.27. The third-order valence-corrected chi connectivity index (χ3v) is 6.15. The molecule has 0 aliphatic heterocycles. The Morgan fingerprint density at radius 3 is 2.58 bits per heavy atom. The van der Waals surface area contributed by atoms with Crippen molar-refractivity contribution in [2.75, 3.05) is 11.1 Å². The summed E-state index contributed by atoms with van der Waals surface area (Å²) in [6.45, 7) is 1.89. The van der Waals surface area contributed by atoms with Crippen LogP contribution < -0.4 is 5.32 Å². The van der Waals surface area contributed by atoms with Crippen molar-refractivity contribution in [3.8, 4) is 11.4 Å². The largest absolute Gasteiger partial charge is 0.302 e. The van der Waals surface area contributed by atoms with E-state index in [1.54, 1.807) is 35.8 Å². The van der Waals surface area contributed by atoms with Gasteiger partial charge in [0.15, 0.2) is 15.0 Å². The van der Waals surface area contributed by atoms with E-state index in [1.165, 1.54) is 11.3 Å². The molecule has 1 N–H and O–H groups in total. The number of nitrogens with one attached hydrogen (secondary N) is 1. The van der Waals surface area contributed by atoms with Crippen molar-refractivity contribution in [3.05, 3.63) is 59.6 Å². The second kappa shape index (κ2) is 7.76. The second-order valence-electron chi connectivity index (χ2n) is 5.68. The van der Waals surface area contributed by atoms with Gasteiger partial charge in [-0.1, -0.05) is 23.8 Å². The molecule has 26 heavy (non-hydrogen) atoms. The predicted molar refractivity (Wildman–Crippen MR) is 102 cm³/mol. The van der Waals surface area contributed by atoms with E-state index in [0.29, 0.717) is 16.5 Å². The van der Waals surface area contributed by atoms with Crippen LogP contribution in [0.3, 0.4) is 0 Å². The number of hydrogen-bond donors (Lipinski definition) is 1. The standard InChI is InChI=1S/C18H17N3O3S2/c1-13-5-7-14(8-6-13)26(23,24)11-9-17(22)21-18-20-16(12-25-18)15-4-2-3-10-19-15/h2-8,10,12H,9,11H2,1H3,(H,20,21,22). The highest BCUT2D eigenvalue weighted by molar-refractivity contribution is 7.91. The summed E-state index contributed by atoms with van der Waals surface area (Å²) < 4.78 is 24.6. The lowest BCUT2D eigenvalue weighted by Crippen LogP contribution is -2.17. The van der Waals surface area contributed by atoms with Crippen molar-refractivity contribution in [1.82, 2.24) is 9.97 Å². The van der Waals surface area contributed by atoms with E-state index in [2.05, 4.69) is 15.3 Å². The number of anilines is 1. The van der Waals surface area contributed by atoms with E-state index in [0.717, 1.165) is 5.56 Å². The summed E-state index contributed by atoms with van der Waals surface area (Å²) in [6.07, 6.45) is 1.54. The van der Waals surface area contributed by atoms with Crippen LogP contribution in [0, 0.1) is 6.92 Å². The van der Waals surface area contributed by atoms with Crippen molar-refractivity contribution in [1.29, 1.82) is 0 Å². The van der Waals surface area contributed by atoms with Crippen molar-refractivity contribution < 1.29 is 13.2 Å². The fourth-order valence-electron chi connectivity index (χ4n) is 2.24. The van der Waals surface area contributed by atoms with Crippen LogP contribution >= 0.6 is 11.3 Å². The van der Waals surface area contributed by atoms with Gasteiger partial charge in [-0.05, 0) is 31.2 Å². The summed E-state index contributed by atoms with van der Waals surface area (Å²) in [4.78, 5) is 20.8. The fourth-order valence-corrected chi connectivity index (χ4v) is 4.20. The minimum atomic E-state index is -3.49. The molecular weight excluding hydrogens is 370 g/mol. The molecule has 1 amide bonds. The predicted octanol–water partition coefficient (Wildman–Crippen LogP) is 3.32. The maximum atomic E-state index is 12.3. The first-order valence-corrected chi connectivity index (χ1v) is 10.4. The van der Waals surface area contributed by atoms with E-state index < -0.39 is 9.84 Å². The second-order valence-corrected chi connectivity index (χ2v) is 8.65. The minimum absolute atomic E-state index is 0.130. The molecule has 3 aromatic rings. The fraction of sp³-hybridized carbons (Fsp3) is 0.167. The molecule has 1 aromatic carbocycles. The number of sulfone groups is 1. The zero-order valence-corrected chi connectivity index (χ0v) is 15.7. The maximum Gasteiger partial charge on any atom is 0.227 e. The summed E-state index contributed by atoms with van der Waals surface area (Å²) in [5.41, 5.74) is 2.36. The number of nitrogens with zero attached hydrogens (tertiary/aromatic N) is 2. The third kappa shape index (κ3) is 4.53. The summed E-state index contributed by atoms with van der Waals surface area (Å²) in [7, 11) is -3.49. The molecule has 0 spiro atoms. The van der Waals surface area contributed by atoms with Crippen molar-refractivity contribution in [2.45, 2.75) is 18.2 Å². The Labute approximate surface area is 155 Å². The highest BCUT2D eigenvalue weighted by Crippen LogP contribution is 2.23. The zero-order chi connectivity index (χ0) is 18.6. The molecular formula is C18H17N3O3S2. The quantitative estimate of drug-likeness (QED) is 0.701. The number of pyridine rings is 1. The summed E-state index contributed by atoms with van der Waals surface area (Å²) in [5, 5.41) is 4.85. The van der Waals surface area contributed by atoms with Crippen LogP contribution in [0.5, 0.6) is 0 Å². The maximum absolute atomic E-state index is 12.3. The van der Waals surface area contributed by atoms with Crippen LogP contribution in [0.4, 0.5) is 5.13 Å². The van der Waals surface area contributed by atoms with Gasteiger partial charge >= 0.3 is 0 Å². The van der Waals surface area contributed by atoms with Gasteiger partial charge in [-0.2, -0.15) is 0 Å². The van der Waals surface area contributed by atoms with Crippen LogP contribution in [0.15, 0.2) is 58.9 Å². The first-order chi connectivity index (χ1) is 12.4. The molecule has 0 aliphatic rings. The van der Waals surface area contributed by atoms with Gasteiger partial charge in [0.2, 0.25) is 5.91 Å². The molecule has 0 radical (unpaired) electrons. The van der Waals surface area contributed by atoms with Crippen LogP contribution in [-0.2, 0) is 14.6 Å². The summed E-state index contributed by atoms with van der Waals surface area (Å²) in [6, 6.07) is 12.1. The number of amides is 1. The van der Waals surface area contributed by atoms with Gasteiger partial charge in [-0.15, -0.1) is 11.3 Å². The van der Waals surface area contributed by atoms with Gasteiger partial charge in [0.25, 0.3) is 0 Å². The number of carbonyl (C=O) groups excluding carboxylic acids is 1. The van der Waals surface area contributed by atoms with E-state index in [-0.39, 0.29) is 23.0 Å². The molecule has 0 atom stereocenters. The van der Waals surface area contributed by atoms with E-state index in [1.807, 2.05) is 25.1 Å². The molecule has 2 aromatic heterocycles. The first kappa shape index (κ1) is 18.2. The van der Waals surface area contributed by atoms with Gasteiger partial charge in [0.05, 0.1) is 16.3 Å². The average Bonchev–Trinajstić information content (AvgIpc) is 3.10. The third-order valence-electron chi connectivity index (χ3n) is 3.66. The Bertz CT molecular complexity index is 998. The average molecular weight is 387 g/mol. The van der Waals surface area contributed by atoms with Gasteiger partial charge in [0, 0.05) is 18.0 Å². The molecule has 3 rings (SSSR count). The van der Waals surface area contributed by atoms with E-state index in [4.69, 9.17) is 0 Å². The highest BCUT2D eigenvalue weighted by Gasteiger charge is 2.17. The van der Waals surface area contributed by atoms with Gasteiger partial charge in [0.1, 0.15) is 5.69 Å². The number of rotatable bonds is 6. The van der Waals surface area contributed by atoms with Crippen molar-refractivity contribution in [2.24, 2.45) is 0 Å². The molecule has 2 heterocycles. The molecule has 0 aliphatic carbocycles. The number of aromatic nitrogens is 2. The SMILES string of the molecule is Cc1ccc(S(=O)(=O)CCC(=O)Nc2nc(-c3ccccn3)cs2)cc1. The normalized spacial score (nSPS) is 11.3. The Morgan fingerprint density at radius 2 is 1.88 bits per heavy atom. The van der Waals surface area contributed by atoms with Crippen molar-refractivity contribution >= 4 is 32.2 Å². The highest BCUT2D eigenvalue weighted by atomic mass is 32.2. The lowest BCUT2D eigenvalue weighted by Gasteiger charge is -2.05. The molecule has 0 saturated heterocycles. The molecule has 0 bridgehead atoms. The molecule has 8 heteroatoms. The molecule has 134 valence electrons. The Kier molecular flexibility index (Phi) is 5.43. The molecule has 0 saturated carbocycles. The summed E-state index contributed by atoms with van der Waals surface area (Å²) in [5.74, 6) is -0.636. The number of thiazole rings is 1. The lowest BCUT2D eigenvalue weighted by molar-refractivity contribution is -0.115. The Morgan fingerprint density at radius 1 is 1.12 bits per heavy atom. The molecule has 6 nitrogen and oxygen atoms in total. The number of benzene rings is 1. The van der Waals surface area contributed by atoms with Crippen molar-refractivity contribution in [3.63, 3.8) is 0 Å². The van der Waals surface area contributed by atoms with Crippen LogP contribution in [0.2, 0.25) is 0 Å². The Balaban J connectivity index is 1.59. The van der Waals surface area contributed by atoms with Crippen LogP contribution in [0.25, 0.3) is 11.4 Å². The Hall–Kier alpha value is -2.58. The topological polar surface area (TPSA) is 89.0 Å². The van der Waals surface area contributed by atoms with Crippen LogP contribution in [0.1, 0.15) is 12.0 Å². The van der Waals surface area contributed by atoms with E-state index >= 15 is 0 Å². The monoisotopic (exact) mass is 387 g/mol. The zero-order valence-electron chi connectivity index (χ0n) is 14.0. The number of carbonyl (C=O) groups is 1. The van der Waals surface area contributed by atoms with E-state index in [9.17, 15) is 13.2 Å². The van der Waals surface area contributed by atoms with Gasteiger partial charge < -0.3 is 5.32 Å². The number of aryl methyl sites for hydroxylation is 1. The molecule has 0 fully saturated rings.